The van der Waals surface area contributed by atoms with Crippen LogP contribution >= 0.6 is 23.4 Å². The second-order valence-electron chi connectivity index (χ2n) is 7.77. The average molecular weight is 513 g/mol. The lowest BCUT2D eigenvalue weighted by molar-refractivity contribution is -0.119. The van der Waals surface area contributed by atoms with E-state index in [2.05, 4.69) is 4.98 Å². The fourth-order valence-electron chi connectivity index (χ4n) is 4.26. The number of anilines is 1. The minimum Gasteiger partial charge on any atom is -0.494 e. The van der Waals surface area contributed by atoms with E-state index >= 15 is 0 Å². The average Bonchev–Trinajstić information content (AvgIpc) is 3.27. The Labute approximate surface area is 207 Å². The predicted octanol–water partition coefficient (Wildman–Crippen LogP) is 4.99. The number of nitriles is 1. The van der Waals surface area contributed by atoms with Crippen LogP contribution in [0.2, 0.25) is 5.02 Å². The van der Waals surface area contributed by atoms with Gasteiger partial charge in [-0.15, -0.1) is 11.8 Å². The smallest absolute Gasteiger partial charge is 0.332 e. The van der Waals surface area contributed by atoms with Crippen LogP contribution in [0.15, 0.2) is 48.8 Å². The number of carbonyl (C=O) groups excluding carboxylic acids is 2. The van der Waals surface area contributed by atoms with Gasteiger partial charge in [-0.2, -0.15) is 5.26 Å². The van der Waals surface area contributed by atoms with Crippen molar-refractivity contribution in [2.45, 2.75) is 11.3 Å². The molecule has 0 N–H and O–H groups in total. The van der Waals surface area contributed by atoms with Gasteiger partial charge in [-0.05, 0) is 24.3 Å². The van der Waals surface area contributed by atoms with Crippen molar-refractivity contribution in [3.63, 3.8) is 0 Å². The zero-order chi connectivity index (χ0) is 24.9. The van der Waals surface area contributed by atoms with Crippen LogP contribution < -0.4 is 9.64 Å². The Morgan fingerprint density at radius 1 is 1.23 bits per heavy atom. The maximum Gasteiger partial charge on any atom is 0.332 e. The van der Waals surface area contributed by atoms with E-state index in [0.717, 1.165) is 22.7 Å². The number of rotatable bonds is 4. The van der Waals surface area contributed by atoms with Crippen LogP contribution in [0.3, 0.4) is 0 Å². The molecule has 11 heteroatoms. The highest BCUT2D eigenvalue weighted by Gasteiger charge is 2.50. The van der Waals surface area contributed by atoms with E-state index < -0.39 is 34.9 Å². The number of thioether (sulfide) groups is 1. The van der Waals surface area contributed by atoms with Gasteiger partial charge in [0.25, 0.3) is 5.91 Å². The summed E-state index contributed by atoms with van der Waals surface area (Å²) in [5.74, 6) is -1.88. The molecule has 0 saturated carbocycles. The third-order valence-electron chi connectivity index (χ3n) is 5.85. The largest absolute Gasteiger partial charge is 0.494 e. The molecule has 1 fully saturated rings. The van der Waals surface area contributed by atoms with E-state index in [1.54, 1.807) is 12.1 Å². The fraction of sp³-hybridized carbons (Fsp3) is 0.167. The summed E-state index contributed by atoms with van der Waals surface area (Å²) in [7, 11) is 1.32. The molecule has 7 nitrogen and oxygen atoms in total. The third-order valence-corrected chi connectivity index (χ3v) is 7.51. The van der Waals surface area contributed by atoms with Gasteiger partial charge < -0.3 is 9.64 Å². The van der Waals surface area contributed by atoms with E-state index in [4.69, 9.17) is 16.3 Å². The van der Waals surface area contributed by atoms with Crippen LogP contribution in [0.25, 0.3) is 15.7 Å². The van der Waals surface area contributed by atoms with E-state index in [9.17, 15) is 23.6 Å². The van der Waals surface area contributed by atoms with Gasteiger partial charge in [-0.1, -0.05) is 23.7 Å². The molecule has 2 aromatic carbocycles. The lowest BCUT2D eigenvalue weighted by atomic mass is 10.0. The lowest BCUT2D eigenvalue weighted by Crippen LogP contribution is -2.62. The van der Waals surface area contributed by atoms with Gasteiger partial charge in [0.1, 0.15) is 17.6 Å². The van der Waals surface area contributed by atoms with Gasteiger partial charge in [0, 0.05) is 27.4 Å². The number of urea groups is 1. The molecule has 2 unspecified atom stereocenters. The van der Waals surface area contributed by atoms with Crippen molar-refractivity contribution in [2.75, 3.05) is 18.6 Å². The standard InChI is InChI=1S/C24H15ClF2N4O3S/c1-34-19-7-13(14(25)8-16(19)27)20-9-17-22(35-20)23(32)31(24(33)30(17)6-5-28)18-11-29-10-12-3-2-4-15(26)21(12)18/h2-4,7-11,17,22H,6H2,1H3. The Morgan fingerprint density at radius 3 is 2.77 bits per heavy atom. The summed E-state index contributed by atoms with van der Waals surface area (Å²) in [5.41, 5.74) is 0.415. The number of pyridine rings is 1. The van der Waals surface area contributed by atoms with Crippen LogP contribution in [-0.2, 0) is 4.79 Å². The van der Waals surface area contributed by atoms with Crippen LogP contribution in [0, 0.1) is 23.0 Å². The number of halogens is 3. The van der Waals surface area contributed by atoms with Crippen molar-refractivity contribution in [2.24, 2.45) is 0 Å². The summed E-state index contributed by atoms with van der Waals surface area (Å²) in [5, 5.41) is 9.14. The molecule has 176 valence electrons. The second-order valence-corrected chi connectivity index (χ2v) is 9.36. The van der Waals surface area contributed by atoms with E-state index in [1.165, 1.54) is 42.6 Å². The molecule has 5 rings (SSSR count). The number of hydrogen-bond donors (Lipinski definition) is 0. The monoisotopic (exact) mass is 512 g/mol. The van der Waals surface area contributed by atoms with Gasteiger partial charge in [-0.25, -0.2) is 18.5 Å². The zero-order valence-corrected chi connectivity index (χ0v) is 19.6. The number of benzene rings is 2. The summed E-state index contributed by atoms with van der Waals surface area (Å²) in [6.07, 6.45) is 4.34. The van der Waals surface area contributed by atoms with Crippen molar-refractivity contribution in [1.29, 1.82) is 5.26 Å². The van der Waals surface area contributed by atoms with Gasteiger partial charge in [0.15, 0.2) is 11.6 Å². The first-order valence-corrected chi connectivity index (χ1v) is 11.6. The molecule has 1 saturated heterocycles. The predicted molar refractivity (Wildman–Crippen MR) is 128 cm³/mol. The maximum atomic E-state index is 14.8. The summed E-state index contributed by atoms with van der Waals surface area (Å²) in [6, 6.07) is 7.30. The second kappa shape index (κ2) is 8.83. The van der Waals surface area contributed by atoms with Gasteiger partial charge in [0.05, 0.1) is 36.1 Å². The molecule has 2 aliphatic heterocycles. The van der Waals surface area contributed by atoms with Crippen molar-refractivity contribution in [1.82, 2.24) is 9.88 Å². The van der Waals surface area contributed by atoms with Crippen molar-refractivity contribution in [3.05, 3.63) is 71.0 Å². The van der Waals surface area contributed by atoms with Crippen LogP contribution in [0.1, 0.15) is 5.56 Å². The van der Waals surface area contributed by atoms with Crippen molar-refractivity contribution >= 4 is 56.7 Å². The molecule has 3 heterocycles. The van der Waals surface area contributed by atoms with Crippen LogP contribution in [-0.4, -0.2) is 46.8 Å². The highest BCUT2D eigenvalue weighted by molar-refractivity contribution is 8.09. The summed E-state index contributed by atoms with van der Waals surface area (Å²) < 4.78 is 33.9. The summed E-state index contributed by atoms with van der Waals surface area (Å²) in [4.78, 5) is 33.8. The molecule has 2 aliphatic rings. The highest BCUT2D eigenvalue weighted by Crippen LogP contribution is 2.48. The Kier molecular flexibility index (Phi) is 5.83. The molecule has 0 radical (unpaired) electrons. The van der Waals surface area contributed by atoms with E-state index in [0.29, 0.717) is 15.9 Å². The van der Waals surface area contributed by atoms with E-state index in [1.807, 2.05) is 6.07 Å². The molecular formula is C24H15ClF2N4O3S. The molecule has 1 aromatic heterocycles. The van der Waals surface area contributed by atoms with E-state index in [-0.39, 0.29) is 28.4 Å². The fourth-order valence-corrected chi connectivity index (χ4v) is 5.92. The number of carbonyl (C=O) groups is 2. The number of amides is 3. The highest BCUT2D eigenvalue weighted by atomic mass is 35.5. The number of fused-ring (bicyclic) bond motifs is 2. The number of imide groups is 1. The Balaban J connectivity index is 1.61. The topological polar surface area (TPSA) is 86.5 Å². The Hall–Kier alpha value is -3.68. The van der Waals surface area contributed by atoms with Gasteiger partial charge >= 0.3 is 6.03 Å². The number of nitrogens with zero attached hydrogens (tertiary/aromatic N) is 4. The minimum absolute atomic E-state index is 0.00692. The normalized spacial score (nSPS) is 19.6. The number of aromatic nitrogens is 1. The maximum absolute atomic E-state index is 14.8. The number of ether oxygens (including phenoxy) is 1. The molecule has 3 aromatic rings. The first-order valence-electron chi connectivity index (χ1n) is 10.3. The zero-order valence-electron chi connectivity index (χ0n) is 18.0. The third kappa shape index (κ3) is 3.68. The molecule has 0 spiro atoms. The first kappa shape index (κ1) is 23.1. The van der Waals surface area contributed by atoms with Crippen LogP contribution in [0.5, 0.6) is 5.75 Å². The first-order chi connectivity index (χ1) is 16.8. The van der Waals surface area contributed by atoms with Crippen molar-refractivity contribution in [3.8, 4) is 11.8 Å². The lowest BCUT2D eigenvalue weighted by Gasteiger charge is -2.40. The molecular weight excluding hydrogens is 498 g/mol. The summed E-state index contributed by atoms with van der Waals surface area (Å²) >= 11 is 7.40. The Bertz CT molecular complexity index is 1470. The molecule has 2 atom stereocenters. The molecule has 35 heavy (non-hydrogen) atoms. The molecule has 0 aliphatic carbocycles. The van der Waals surface area contributed by atoms with Gasteiger partial charge in [0.2, 0.25) is 0 Å². The minimum atomic E-state index is -0.842. The van der Waals surface area contributed by atoms with Crippen molar-refractivity contribution < 1.29 is 23.1 Å². The summed E-state index contributed by atoms with van der Waals surface area (Å²) in [6.45, 7) is -0.310. The number of hydrogen-bond acceptors (Lipinski definition) is 6. The molecule has 0 bridgehead atoms. The van der Waals surface area contributed by atoms with Crippen LogP contribution in [0.4, 0.5) is 19.3 Å². The SMILES string of the molecule is COc1cc(C2=CC3C(S2)C(=O)N(c2cncc4cccc(F)c24)C(=O)N3CC#N)c(Cl)cc1F. The molecule has 3 amide bonds. The quantitative estimate of drug-likeness (QED) is 0.458. The number of methoxy groups -OCH3 is 1. The van der Waals surface area contributed by atoms with Gasteiger partial charge in [-0.3, -0.25) is 9.78 Å². The Morgan fingerprint density at radius 2 is 2.03 bits per heavy atom.